The number of para-hydroxylation sites is 1. The van der Waals surface area contributed by atoms with E-state index >= 15 is 0 Å². The molecule has 4 nitrogen and oxygen atoms in total. The number of hydrogen-bond acceptors (Lipinski definition) is 3. The number of ether oxygens (including phenoxy) is 1. The van der Waals surface area contributed by atoms with E-state index in [-0.39, 0.29) is 12.5 Å². The molecule has 0 heterocycles. The smallest absolute Gasteiger partial charge is 0.277 e. The van der Waals surface area contributed by atoms with Crippen molar-refractivity contribution in [3.8, 4) is 5.75 Å². The molecule has 112 valence electrons. The lowest BCUT2D eigenvalue weighted by atomic mass is 10.2. The van der Waals surface area contributed by atoms with Crippen LogP contribution in [0.3, 0.4) is 0 Å². The van der Waals surface area contributed by atoms with Crippen LogP contribution >= 0.6 is 15.9 Å². The summed E-state index contributed by atoms with van der Waals surface area (Å²) in [4.78, 5) is 11.6. The molecule has 2 aromatic carbocycles. The minimum atomic E-state index is -0.319. The predicted molar refractivity (Wildman–Crippen MR) is 91.9 cm³/mol. The Kier molecular flexibility index (Phi) is 6.39. The molecule has 0 saturated heterocycles. The molecular formula is C17H15BrN2O2. The number of allylic oxidation sites excluding steroid dienone is 1. The van der Waals surface area contributed by atoms with E-state index in [1.165, 1.54) is 6.21 Å². The van der Waals surface area contributed by atoms with Crippen molar-refractivity contribution in [3.05, 3.63) is 70.7 Å². The number of nitrogens with one attached hydrogen (secondary N) is 1. The third-order valence-electron chi connectivity index (χ3n) is 2.59. The molecule has 0 atom stereocenters. The molecule has 0 bridgehead atoms. The fourth-order valence-corrected chi connectivity index (χ4v) is 1.98. The fourth-order valence-electron chi connectivity index (χ4n) is 1.61. The van der Waals surface area contributed by atoms with Crippen molar-refractivity contribution in [2.45, 2.75) is 0 Å². The maximum atomic E-state index is 11.6. The lowest BCUT2D eigenvalue weighted by Gasteiger charge is -2.03. The van der Waals surface area contributed by atoms with Gasteiger partial charge in [0.25, 0.3) is 5.91 Å². The molecule has 0 radical (unpaired) electrons. The molecule has 0 unspecified atom stereocenters. The van der Waals surface area contributed by atoms with Crippen LogP contribution in [0.2, 0.25) is 0 Å². The summed E-state index contributed by atoms with van der Waals surface area (Å²) in [5.41, 5.74) is 3.45. The molecule has 5 heteroatoms. The van der Waals surface area contributed by atoms with Gasteiger partial charge in [-0.1, -0.05) is 48.5 Å². The van der Waals surface area contributed by atoms with Crippen LogP contribution in [0.1, 0.15) is 5.56 Å². The number of nitrogens with zero attached hydrogens (tertiary/aromatic N) is 1. The number of halogens is 1. The second-order valence-corrected chi connectivity index (χ2v) is 5.25. The van der Waals surface area contributed by atoms with Gasteiger partial charge in [0.15, 0.2) is 6.61 Å². The second-order valence-electron chi connectivity index (χ2n) is 4.33. The van der Waals surface area contributed by atoms with Crippen LogP contribution in [0.25, 0.3) is 6.08 Å². The molecule has 22 heavy (non-hydrogen) atoms. The Morgan fingerprint density at radius 2 is 1.73 bits per heavy atom. The van der Waals surface area contributed by atoms with E-state index in [0.717, 1.165) is 10.0 Å². The standard InChI is InChI=1S/C17H15BrN2O2/c18-15(11-14-7-3-1-4-8-14)12-19-20-17(21)13-22-16-9-5-2-6-10-16/h1-12H,13H2,(H,20,21)/b15-11-,19-12+. The van der Waals surface area contributed by atoms with Crippen molar-refractivity contribution in [3.63, 3.8) is 0 Å². The maximum absolute atomic E-state index is 11.6. The molecule has 0 saturated carbocycles. The number of amides is 1. The molecule has 0 spiro atoms. The Morgan fingerprint density at radius 3 is 2.41 bits per heavy atom. The molecule has 0 aliphatic heterocycles. The largest absolute Gasteiger partial charge is 0.484 e. The summed E-state index contributed by atoms with van der Waals surface area (Å²) in [6.45, 7) is -0.0820. The highest BCUT2D eigenvalue weighted by atomic mass is 79.9. The van der Waals surface area contributed by atoms with Gasteiger partial charge in [-0.05, 0) is 39.7 Å². The van der Waals surface area contributed by atoms with E-state index in [9.17, 15) is 4.79 Å². The van der Waals surface area contributed by atoms with Gasteiger partial charge in [-0.25, -0.2) is 5.43 Å². The van der Waals surface area contributed by atoms with Crippen LogP contribution < -0.4 is 10.2 Å². The number of benzene rings is 2. The van der Waals surface area contributed by atoms with E-state index in [1.807, 2.05) is 54.6 Å². The second kappa shape index (κ2) is 8.79. The predicted octanol–water partition coefficient (Wildman–Crippen LogP) is 3.60. The summed E-state index contributed by atoms with van der Waals surface area (Å²) in [5.74, 6) is 0.326. The van der Waals surface area contributed by atoms with Crippen LogP contribution in [0.15, 0.2) is 70.2 Å². The van der Waals surface area contributed by atoms with Gasteiger partial charge >= 0.3 is 0 Å². The lowest BCUT2D eigenvalue weighted by molar-refractivity contribution is -0.123. The first-order valence-electron chi connectivity index (χ1n) is 6.66. The Balaban J connectivity index is 1.77. The third kappa shape index (κ3) is 5.93. The van der Waals surface area contributed by atoms with Gasteiger partial charge in [-0.15, -0.1) is 0 Å². The normalized spacial score (nSPS) is 11.4. The lowest BCUT2D eigenvalue weighted by Crippen LogP contribution is -2.24. The van der Waals surface area contributed by atoms with Gasteiger partial charge in [0.2, 0.25) is 0 Å². The maximum Gasteiger partial charge on any atom is 0.277 e. The van der Waals surface area contributed by atoms with Gasteiger partial charge in [0.1, 0.15) is 5.75 Å². The average Bonchev–Trinajstić information content (AvgIpc) is 2.55. The van der Waals surface area contributed by atoms with Crippen LogP contribution in [0.4, 0.5) is 0 Å². The van der Waals surface area contributed by atoms with Crippen molar-refractivity contribution >= 4 is 34.1 Å². The number of hydrogen-bond donors (Lipinski definition) is 1. The number of rotatable bonds is 6. The Labute approximate surface area is 137 Å². The zero-order chi connectivity index (χ0) is 15.6. The van der Waals surface area contributed by atoms with Gasteiger partial charge in [-0.2, -0.15) is 5.10 Å². The SMILES string of the molecule is O=C(COc1ccccc1)N/N=C/C(Br)=C/c1ccccc1. The molecule has 0 aliphatic carbocycles. The van der Waals surface area contributed by atoms with Crippen LogP contribution in [0.5, 0.6) is 5.75 Å². The van der Waals surface area contributed by atoms with Crippen molar-refractivity contribution in [2.24, 2.45) is 5.10 Å². The van der Waals surface area contributed by atoms with Crippen molar-refractivity contribution in [1.82, 2.24) is 5.43 Å². The van der Waals surface area contributed by atoms with Gasteiger partial charge < -0.3 is 4.74 Å². The summed E-state index contributed by atoms with van der Waals surface area (Å²) in [6.07, 6.45) is 3.42. The first-order valence-corrected chi connectivity index (χ1v) is 7.45. The van der Waals surface area contributed by atoms with Gasteiger partial charge in [-0.3, -0.25) is 4.79 Å². The number of carbonyl (C=O) groups is 1. The van der Waals surface area contributed by atoms with Crippen LogP contribution in [0, 0.1) is 0 Å². The van der Waals surface area contributed by atoms with Gasteiger partial charge in [0, 0.05) is 4.48 Å². The van der Waals surface area contributed by atoms with Crippen LogP contribution in [-0.2, 0) is 4.79 Å². The highest BCUT2D eigenvalue weighted by molar-refractivity contribution is 9.12. The monoisotopic (exact) mass is 358 g/mol. The highest BCUT2D eigenvalue weighted by Gasteiger charge is 2.00. The first kappa shape index (κ1) is 16.0. The van der Waals surface area contributed by atoms with Crippen molar-refractivity contribution in [1.29, 1.82) is 0 Å². The van der Waals surface area contributed by atoms with E-state index in [4.69, 9.17) is 4.74 Å². The zero-order valence-corrected chi connectivity index (χ0v) is 13.4. The first-order chi connectivity index (χ1) is 10.7. The average molecular weight is 359 g/mol. The summed E-state index contributed by atoms with van der Waals surface area (Å²) >= 11 is 3.37. The molecular weight excluding hydrogens is 344 g/mol. The number of hydrazone groups is 1. The highest BCUT2D eigenvalue weighted by Crippen LogP contribution is 2.10. The summed E-state index contributed by atoms with van der Waals surface area (Å²) in [5, 5.41) is 3.86. The molecule has 0 aromatic heterocycles. The van der Waals surface area contributed by atoms with Gasteiger partial charge in [0.05, 0.1) is 6.21 Å². The quantitative estimate of drug-likeness (QED) is 0.633. The molecule has 0 aliphatic rings. The van der Waals surface area contributed by atoms with E-state index in [0.29, 0.717) is 5.75 Å². The Bertz CT molecular complexity index is 655. The van der Waals surface area contributed by atoms with Crippen molar-refractivity contribution < 1.29 is 9.53 Å². The third-order valence-corrected chi connectivity index (χ3v) is 3.03. The number of carbonyl (C=O) groups excluding carboxylic acids is 1. The van der Waals surface area contributed by atoms with E-state index < -0.39 is 0 Å². The van der Waals surface area contributed by atoms with Crippen LogP contribution in [-0.4, -0.2) is 18.7 Å². The summed E-state index contributed by atoms with van der Waals surface area (Å²) in [7, 11) is 0. The minimum absolute atomic E-state index is 0.0820. The molecule has 1 amide bonds. The summed E-state index contributed by atoms with van der Waals surface area (Å²) in [6, 6.07) is 18.9. The van der Waals surface area contributed by atoms with Crippen molar-refractivity contribution in [2.75, 3.05) is 6.61 Å². The fraction of sp³-hybridized carbons (Fsp3) is 0.0588. The Morgan fingerprint density at radius 1 is 1.09 bits per heavy atom. The summed E-state index contributed by atoms with van der Waals surface area (Å²) < 4.78 is 6.06. The topological polar surface area (TPSA) is 50.7 Å². The Hall–Kier alpha value is -2.40. The molecule has 0 fully saturated rings. The van der Waals surface area contributed by atoms with E-state index in [1.54, 1.807) is 12.1 Å². The minimum Gasteiger partial charge on any atom is -0.484 e. The molecule has 2 aromatic rings. The molecule has 2 rings (SSSR count). The van der Waals surface area contributed by atoms with E-state index in [2.05, 4.69) is 26.5 Å². The molecule has 1 N–H and O–H groups in total. The zero-order valence-electron chi connectivity index (χ0n) is 11.8.